The van der Waals surface area contributed by atoms with Gasteiger partial charge in [-0.05, 0) is 48.4 Å². The molecule has 0 radical (unpaired) electrons. The molecule has 2 N–H and O–H groups in total. The van der Waals surface area contributed by atoms with Crippen molar-refractivity contribution in [3.8, 4) is 0 Å². The molecule has 24 heavy (non-hydrogen) atoms. The second kappa shape index (κ2) is 7.27. The highest BCUT2D eigenvalue weighted by atomic mass is 32.1. The number of hydrogen-bond acceptors (Lipinski definition) is 3. The van der Waals surface area contributed by atoms with Gasteiger partial charge in [0.05, 0.1) is 0 Å². The molecule has 0 spiro atoms. The lowest BCUT2D eigenvalue weighted by atomic mass is 10.1. The van der Waals surface area contributed by atoms with Gasteiger partial charge in [0.25, 0.3) is 5.56 Å². The normalized spacial score (nSPS) is 11.6. The van der Waals surface area contributed by atoms with E-state index in [1.165, 1.54) is 0 Å². The number of amides is 1. The van der Waals surface area contributed by atoms with Gasteiger partial charge in [-0.25, -0.2) is 0 Å². The van der Waals surface area contributed by atoms with Gasteiger partial charge in [-0.15, -0.1) is 11.3 Å². The van der Waals surface area contributed by atoms with Crippen LogP contribution in [0.25, 0.3) is 17.0 Å². The van der Waals surface area contributed by atoms with Crippen LogP contribution < -0.4 is 10.9 Å². The van der Waals surface area contributed by atoms with Crippen molar-refractivity contribution in [2.24, 2.45) is 0 Å². The van der Waals surface area contributed by atoms with Crippen molar-refractivity contribution in [3.63, 3.8) is 0 Å². The summed E-state index contributed by atoms with van der Waals surface area (Å²) in [7, 11) is 0. The van der Waals surface area contributed by atoms with Gasteiger partial charge < -0.3 is 10.3 Å². The summed E-state index contributed by atoms with van der Waals surface area (Å²) < 4.78 is 0. The van der Waals surface area contributed by atoms with Crippen LogP contribution in [-0.4, -0.2) is 17.4 Å². The second-order valence-corrected chi connectivity index (χ2v) is 6.54. The number of nitrogens with one attached hydrogen (secondary N) is 2. The van der Waals surface area contributed by atoms with Gasteiger partial charge in [-0.1, -0.05) is 24.3 Å². The van der Waals surface area contributed by atoms with Gasteiger partial charge >= 0.3 is 0 Å². The Labute approximate surface area is 143 Å². The molecule has 0 atom stereocenters. The Bertz CT molecular complexity index is 939. The van der Waals surface area contributed by atoms with E-state index < -0.39 is 0 Å². The Hall–Kier alpha value is -2.66. The number of hydrogen-bond donors (Lipinski definition) is 2. The van der Waals surface area contributed by atoms with Crippen LogP contribution in [0.2, 0.25) is 0 Å². The first-order valence-corrected chi connectivity index (χ1v) is 8.62. The molecular weight excluding hydrogens is 320 g/mol. The molecule has 0 saturated carbocycles. The molecule has 0 unspecified atom stereocenters. The SMILES string of the molecule is C/C(=C\c1cccs1)C(=O)NCCc1cc2ccccc2[nH]c1=O. The summed E-state index contributed by atoms with van der Waals surface area (Å²) in [5, 5.41) is 5.83. The van der Waals surface area contributed by atoms with Crippen LogP contribution in [0.5, 0.6) is 0 Å². The lowest BCUT2D eigenvalue weighted by molar-refractivity contribution is -0.117. The first-order chi connectivity index (χ1) is 11.6. The van der Waals surface area contributed by atoms with Crippen molar-refractivity contribution in [2.75, 3.05) is 6.54 Å². The van der Waals surface area contributed by atoms with Crippen LogP contribution in [0.1, 0.15) is 17.4 Å². The molecule has 2 heterocycles. The zero-order chi connectivity index (χ0) is 16.9. The third-order valence-corrected chi connectivity index (χ3v) is 4.59. The molecule has 0 aliphatic heterocycles. The highest BCUT2D eigenvalue weighted by Crippen LogP contribution is 2.13. The fourth-order valence-corrected chi connectivity index (χ4v) is 3.20. The molecule has 3 aromatic rings. The van der Waals surface area contributed by atoms with E-state index in [9.17, 15) is 9.59 Å². The van der Waals surface area contributed by atoms with Crippen molar-refractivity contribution >= 4 is 34.2 Å². The molecule has 1 aromatic carbocycles. The standard InChI is InChI=1S/C19H18N2O2S/c1-13(11-16-6-4-10-24-16)18(22)20-9-8-15-12-14-5-2-3-7-17(14)21-19(15)23/h2-7,10-12H,8-9H2,1H3,(H,20,22)(H,21,23)/b13-11+. The summed E-state index contributed by atoms with van der Waals surface area (Å²) in [5.74, 6) is -0.111. The summed E-state index contributed by atoms with van der Waals surface area (Å²) in [6.07, 6.45) is 2.36. The molecule has 0 fully saturated rings. The molecule has 4 nitrogen and oxygen atoms in total. The Kier molecular flexibility index (Phi) is 4.91. The van der Waals surface area contributed by atoms with E-state index in [2.05, 4.69) is 10.3 Å². The van der Waals surface area contributed by atoms with Crippen molar-refractivity contribution in [3.05, 3.63) is 74.2 Å². The van der Waals surface area contributed by atoms with E-state index >= 15 is 0 Å². The molecule has 1 amide bonds. The first-order valence-electron chi connectivity index (χ1n) is 7.74. The number of thiophene rings is 1. The average molecular weight is 338 g/mol. The number of H-pyrrole nitrogens is 1. The first kappa shape index (κ1) is 16.2. The highest BCUT2D eigenvalue weighted by Gasteiger charge is 2.06. The summed E-state index contributed by atoms with van der Waals surface area (Å²) >= 11 is 1.59. The molecule has 0 saturated heterocycles. The van der Waals surface area contributed by atoms with E-state index in [0.29, 0.717) is 24.1 Å². The van der Waals surface area contributed by atoms with Crippen molar-refractivity contribution < 1.29 is 4.79 Å². The topological polar surface area (TPSA) is 62.0 Å². The number of carbonyl (C=O) groups is 1. The molecule has 0 bridgehead atoms. The van der Waals surface area contributed by atoms with Crippen molar-refractivity contribution in [2.45, 2.75) is 13.3 Å². The molecule has 0 aliphatic rings. The minimum atomic E-state index is -0.111. The van der Waals surface area contributed by atoms with E-state index in [4.69, 9.17) is 0 Å². The number of carbonyl (C=O) groups excluding carboxylic acids is 1. The van der Waals surface area contributed by atoms with Crippen LogP contribution in [-0.2, 0) is 11.2 Å². The van der Waals surface area contributed by atoms with E-state index in [-0.39, 0.29) is 11.5 Å². The largest absolute Gasteiger partial charge is 0.352 e. The maximum absolute atomic E-state index is 12.1. The monoisotopic (exact) mass is 338 g/mol. The molecule has 0 aliphatic carbocycles. The number of aromatic amines is 1. The van der Waals surface area contributed by atoms with E-state index in [1.807, 2.05) is 53.9 Å². The molecule has 122 valence electrons. The van der Waals surface area contributed by atoms with Gasteiger partial charge in [-0.2, -0.15) is 0 Å². The van der Waals surface area contributed by atoms with Gasteiger partial charge in [0.1, 0.15) is 0 Å². The Morgan fingerprint density at radius 3 is 2.88 bits per heavy atom. The third kappa shape index (κ3) is 3.81. The summed E-state index contributed by atoms with van der Waals surface area (Å²) in [6.45, 7) is 2.22. The second-order valence-electron chi connectivity index (χ2n) is 5.56. The maximum atomic E-state index is 12.1. The fourth-order valence-electron chi connectivity index (χ4n) is 2.48. The van der Waals surface area contributed by atoms with Gasteiger partial charge in [0.2, 0.25) is 5.91 Å². The minimum Gasteiger partial charge on any atom is -0.352 e. The Morgan fingerprint density at radius 1 is 1.25 bits per heavy atom. The third-order valence-electron chi connectivity index (χ3n) is 3.77. The number of rotatable bonds is 5. The van der Waals surface area contributed by atoms with Gasteiger partial charge in [0.15, 0.2) is 0 Å². The molecule has 5 heteroatoms. The lowest BCUT2D eigenvalue weighted by Crippen LogP contribution is -2.27. The summed E-state index contributed by atoms with van der Waals surface area (Å²) in [5.41, 5.74) is 2.05. The number of benzene rings is 1. The van der Waals surface area contributed by atoms with Crippen LogP contribution in [0.4, 0.5) is 0 Å². The molecular formula is C19H18N2O2S. The van der Waals surface area contributed by atoms with E-state index in [1.54, 1.807) is 18.3 Å². The predicted octanol–water partition coefficient (Wildman–Crippen LogP) is 3.35. The minimum absolute atomic E-state index is 0.103. The Balaban J connectivity index is 1.63. The Morgan fingerprint density at radius 2 is 2.08 bits per heavy atom. The van der Waals surface area contributed by atoms with Gasteiger partial charge in [0, 0.05) is 28.1 Å². The van der Waals surface area contributed by atoms with Gasteiger partial charge in [-0.3, -0.25) is 9.59 Å². The summed E-state index contributed by atoms with van der Waals surface area (Å²) in [6, 6.07) is 13.5. The van der Waals surface area contributed by atoms with Crippen molar-refractivity contribution in [1.29, 1.82) is 0 Å². The zero-order valence-corrected chi connectivity index (χ0v) is 14.2. The number of fused-ring (bicyclic) bond motifs is 1. The number of pyridine rings is 1. The van der Waals surface area contributed by atoms with E-state index in [0.717, 1.165) is 15.8 Å². The molecule has 2 aromatic heterocycles. The predicted molar refractivity (Wildman–Crippen MR) is 99.3 cm³/mol. The maximum Gasteiger partial charge on any atom is 0.251 e. The van der Waals surface area contributed by atoms with Crippen LogP contribution in [0, 0.1) is 0 Å². The number of aromatic nitrogens is 1. The average Bonchev–Trinajstić information content (AvgIpc) is 3.08. The smallest absolute Gasteiger partial charge is 0.251 e. The van der Waals surface area contributed by atoms with Crippen LogP contribution in [0.15, 0.2) is 58.2 Å². The highest BCUT2D eigenvalue weighted by molar-refractivity contribution is 7.10. The molecule has 3 rings (SSSR count). The number of para-hydroxylation sites is 1. The van der Waals surface area contributed by atoms with Crippen molar-refractivity contribution in [1.82, 2.24) is 10.3 Å². The quantitative estimate of drug-likeness (QED) is 0.701. The fraction of sp³-hybridized carbons (Fsp3) is 0.158. The summed E-state index contributed by atoms with van der Waals surface area (Å²) in [4.78, 5) is 28.1. The van der Waals surface area contributed by atoms with Crippen LogP contribution in [0.3, 0.4) is 0 Å². The van der Waals surface area contributed by atoms with Crippen LogP contribution >= 0.6 is 11.3 Å². The lowest BCUT2D eigenvalue weighted by Gasteiger charge is -2.06. The zero-order valence-electron chi connectivity index (χ0n) is 13.3.